The third kappa shape index (κ3) is 4.46. The zero-order valence-corrected chi connectivity index (χ0v) is 14.6. The van der Waals surface area contributed by atoms with Crippen LogP contribution in [0.25, 0.3) is 0 Å². The van der Waals surface area contributed by atoms with Gasteiger partial charge < -0.3 is 10.2 Å². The lowest BCUT2D eigenvalue weighted by molar-refractivity contribution is 0.111. The Balaban J connectivity index is 1.77. The van der Waals surface area contributed by atoms with E-state index in [1.165, 1.54) is 24.3 Å². The van der Waals surface area contributed by atoms with Crippen molar-refractivity contribution in [2.75, 3.05) is 0 Å². The van der Waals surface area contributed by atoms with Gasteiger partial charge in [0.15, 0.2) is 12.6 Å². The maximum absolute atomic E-state index is 10.9. The number of aromatic hydroxyl groups is 2. The van der Waals surface area contributed by atoms with Crippen molar-refractivity contribution in [2.45, 2.75) is 0 Å². The fourth-order valence-corrected chi connectivity index (χ4v) is 2.38. The Morgan fingerprint density at radius 1 is 0.536 bits per heavy atom. The van der Waals surface area contributed by atoms with Gasteiger partial charge in [0.1, 0.15) is 11.5 Å². The lowest BCUT2D eigenvalue weighted by Crippen LogP contribution is -1.84. The molecule has 0 fully saturated rings. The van der Waals surface area contributed by atoms with Crippen molar-refractivity contribution in [3.05, 3.63) is 94.0 Å². The van der Waals surface area contributed by atoms with Crippen LogP contribution in [0.15, 0.2) is 60.7 Å². The highest BCUT2D eigenvalue weighted by Gasteiger charge is 2.00. The van der Waals surface area contributed by atoms with Crippen molar-refractivity contribution < 1.29 is 19.8 Å². The van der Waals surface area contributed by atoms with Gasteiger partial charge in [0.05, 0.1) is 11.1 Å². The van der Waals surface area contributed by atoms with Gasteiger partial charge in [-0.1, -0.05) is 23.7 Å². The Bertz CT molecular complexity index is 1070. The number of carbonyl (C=O) groups is 2. The molecule has 0 unspecified atom stereocenters. The molecule has 0 heterocycles. The van der Waals surface area contributed by atoms with Gasteiger partial charge in [0, 0.05) is 22.3 Å². The van der Waals surface area contributed by atoms with Gasteiger partial charge in [-0.2, -0.15) is 0 Å². The summed E-state index contributed by atoms with van der Waals surface area (Å²) >= 11 is 0. The number of hydrogen-bond donors (Lipinski definition) is 2. The Morgan fingerprint density at radius 3 is 1.21 bits per heavy atom. The summed E-state index contributed by atoms with van der Waals surface area (Å²) in [5.41, 5.74) is 3.20. The van der Waals surface area contributed by atoms with Crippen molar-refractivity contribution in [3.63, 3.8) is 0 Å². The molecule has 0 spiro atoms. The quantitative estimate of drug-likeness (QED) is 0.538. The van der Waals surface area contributed by atoms with E-state index in [1.54, 1.807) is 12.1 Å². The predicted octanol–water partition coefficient (Wildman–Crippen LogP) is 3.52. The molecule has 4 nitrogen and oxygen atoms in total. The van der Waals surface area contributed by atoms with E-state index in [9.17, 15) is 19.8 Å². The molecule has 0 bridgehead atoms. The minimum Gasteiger partial charge on any atom is -0.507 e. The second-order valence-corrected chi connectivity index (χ2v) is 5.86. The molecule has 0 saturated heterocycles. The highest BCUT2D eigenvalue weighted by Crippen LogP contribution is 2.17. The molecule has 3 rings (SSSR count). The monoisotopic (exact) mass is 366 g/mol. The van der Waals surface area contributed by atoms with Crippen molar-refractivity contribution >= 4 is 12.6 Å². The number of hydrogen-bond acceptors (Lipinski definition) is 4. The van der Waals surface area contributed by atoms with Gasteiger partial charge in [-0.05, 0) is 60.7 Å². The molecule has 0 atom stereocenters. The van der Waals surface area contributed by atoms with E-state index in [-0.39, 0.29) is 22.6 Å². The normalized spacial score (nSPS) is 9.43. The molecular weight excluding hydrogens is 352 g/mol. The maximum Gasteiger partial charge on any atom is 0.153 e. The van der Waals surface area contributed by atoms with Crippen LogP contribution in [0.1, 0.15) is 43.0 Å². The van der Waals surface area contributed by atoms with Crippen molar-refractivity contribution in [2.24, 2.45) is 0 Å². The highest BCUT2D eigenvalue weighted by atomic mass is 16.3. The first-order valence-electron chi connectivity index (χ1n) is 8.29. The number of phenols is 2. The second-order valence-electron chi connectivity index (χ2n) is 5.86. The molecule has 3 aromatic carbocycles. The molecule has 0 aliphatic rings. The Labute approximate surface area is 162 Å². The molecule has 0 aromatic heterocycles. The van der Waals surface area contributed by atoms with E-state index in [4.69, 9.17) is 0 Å². The molecule has 0 amide bonds. The van der Waals surface area contributed by atoms with Crippen LogP contribution in [0.4, 0.5) is 0 Å². The first-order chi connectivity index (χ1) is 13.6. The smallest absolute Gasteiger partial charge is 0.153 e. The van der Waals surface area contributed by atoms with E-state index in [0.29, 0.717) is 23.7 Å². The van der Waals surface area contributed by atoms with Gasteiger partial charge >= 0.3 is 0 Å². The lowest BCUT2D eigenvalue weighted by Gasteiger charge is -1.97. The Hall–Kier alpha value is -4.28. The molecule has 3 aromatic rings. The van der Waals surface area contributed by atoms with Crippen LogP contribution in [0, 0.1) is 23.7 Å². The number of benzene rings is 3. The summed E-state index contributed by atoms with van der Waals surface area (Å²) in [6.45, 7) is 0. The first-order valence-corrected chi connectivity index (χ1v) is 8.29. The minimum atomic E-state index is -0.0719. The van der Waals surface area contributed by atoms with Crippen LogP contribution in [-0.4, -0.2) is 22.8 Å². The van der Waals surface area contributed by atoms with Crippen molar-refractivity contribution in [1.82, 2.24) is 0 Å². The molecule has 4 heteroatoms. The van der Waals surface area contributed by atoms with Crippen LogP contribution in [0.2, 0.25) is 0 Å². The van der Waals surface area contributed by atoms with E-state index in [0.717, 1.165) is 11.1 Å². The van der Waals surface area contributed by atoms with E-state index in [1.807, 2.05) is 24.3 Å². The fourth-order valence-electron chi connectivity index (χ4n) is 2.38. The minimum absolute atomic E-state index is 0.0719. The van der Waals surface area contributed by atoms with Gasteiger partial charge in [-0.25, -0.2) is 0 Å². The van der Waals surface area contributed by atoms with Crippen LogP contribution in [-0.2, 0) is 0 Å². The number of phenolic OH excluding ortho intramolecular Hbond substituents is 2. The topological polar surface area (TPSA) is 74.6 Å². The van der Waals surface area contributed by atoms with Crippen molar-refractivity contribution in [1.29, 1.82) is 0 Å². The number of rotatable bonds is 2. The summed E-state index contributed by atoms with van der Waals surface area (Å²) in [5.74, 6) is 11.7. The third-order valence-corrected chi connectivity index (χ3v) is 3.90. The molecule has 2 N–H and O–H groups in total. The van der Waals surface area contributed by atoms with Crippen LogP contribution in [0.3, 0.4) is 0 Å². The fraction of sp³-hybridized carbons (Fsp3) is 0. The van der Waals surface area contributed by atoms with Crippen LogP contribution < -0.4 is 0 Å². The first kappa shape index (κ1) is 18.5. The molecule has 0 aliphatic heterocycles. The zero-order chi connectivity index (χ0) is 19.9. The van der Waals surface area contributed by atoms with E-state index >= 15 is 0 Å². The van der Waals surface area contributed by atoms with Crippen LogP contribution in [0.5, 0.6) is 11.5 Å². The molecular formula is C24H14O4. The summed E-state index contributed by atoms with van der Waals surface area (Å²) in [7, 11) is 0. The predicted molar refractivity (Wildman–Crippen MR) is 105 cm³/mol. The second kappa shape index (κ2) is 8.40. The highest BCUT2D eigenvalue weighted by molar-refractivity contribution is 5.80. The SMILES string of the molecule is O=Cc1cc(C#Cc2ccc(C#Cc3ccc(O)c(C=O)c3)cc2)ccc1O. The number of aldehydes is 2. The van der Waals surface area contributed by atoms with E-state index in [2.05, 4.69) is 23.7 Å². The van der Waals surface area contributed by atoms with E-state index < -0.39 is 0 Å². The number of carbonyl (C=O) groups excluding carboxylic acids is 2. The summed E-state index contributed by atoms with van der Waals surface area (Å²) in [6, 6.07) is 16.5. The largest absolute Gasteiger partial charge is 0.507 e. The van der Waals surface area contributed by atoms with Gasteiger partial charge in [0.2, 0.25) is 0 Å². The summed E-state index contributed by atoms with van der Waals surface area (Å²) in [5, 5.41) is 19.0. The Morgan fingerprint density at radius 2 is 0.857 bits per heavy atom. The van der Waals surface area contributed by atoms with Crippen molar-refractivity contribution in [3.8, 4) is 35.2 Å². The van der Waals surface area contributed by atoms with Crippen LogP contribution >= 0.6 is 0 Å². The average molecular weight is 366 g/mol. The third-order valence-electron chi connectivity index (χ3n) is 3.90. The Kier molecular flexibility index (Phi) is 5.55. The van der Waals surface area contributed by atoms with Gasteiger partial charge in [0.25, 0.3) is 0 Å². The van der Waals surface area contributed by atoms with Gasteiger partial charge in [-0.3, -0.25) is 9.59 Å². The molecule has 134 valence electrons. The zero-order valence-electron chi connectivity index (χ0n) is 14.6. The summed E-state index contributed by atoms with van der Waals surface area (Å²) < 4.78 is 0. The lowest BCUT2D eigenvalue weighted by atomic mass is 10.1. The molecule has 0 aliphatic carbocycles. The average Bonchev–Trinajstić information content (AvgIpc) is 2.73. The standard InChI is InChI=1S/C24H14O4/c25-15-21-13-19(9-11-23(21)27)7-5-17-1-2-18(4-3-17)6-8-20-10-12-24(28)22(14-20)16-26/h1-4,9-16,27-28H. The molecule has 0 radical (unpaired) electrons. The molecule has 0 saturated carbocycles. The summed E-state index contributed by atoms with van der Waals surface area (Å²) in [6.07, 6.45) is 1.17. The summed E-state index contributed by atoms with van der Waals surface area (Å²) in [4.78, 5) is 21.7. The maximum atomic E-state index is 10.9. The molecule has 28 heavy (non-hydrogen) atoms. The van der Waals surface area contributed by atoms with Gasteiger partial charge in [-0.15, -0.1) is 0 Å².